The van der Waals surface area contributed by atoms with Crippen molar-refractivity contribution >= 4 is 65.5 Å². The van der Waals surface area contributed by atoms with Gasteiger partial charge < -0.3 is 0 Å². The lowest BCUT2D eigenvalue weighted by molar-refractivity contribution is 1.33. The first kappa shape index (κ1) is 26.9. The molecule has 7 rings (SSSR count). The predicted molar refractivity (Wildman–Crippen MR) is 188 cm³/mol. The Hall–Kier alpha value is -3.02. The van der Waals surface area contributed by atoms with Crippen molar-refractivity contribution in [2.24, 2.45) is 0 Å². The van der Waals surface area contributed by atoms with E-state index in [1.807, 2.05) is 45.3 Å². The van der Waals surface area contributed by atoms with Crippen LogP contribution in [0.5, 0.6) is 0 Å². The van der Waals surface area contributed by atoms with Gasteiger partial charge in [-0.25, -0.2) is 0 Å². The van der Waals surface area contributed by atoms with E-state index in [1.165, 1.54) is 99.5 Å². The third-order valence-corrected chi connectivity index (χ3v) is 12.8. The second kappa shape index (κ2) is 10.1. The van der Waals surface area contributed by atoms with Crippen LogP contribution in [0.3, 0.4) is 0 Å². The van der Waals surface area contributed by atoms with Gasteiger partial charge in [-0.05, 0) is 118 Å². The van der Waals surface area contributed by atoms with Crippen LogP contribution in [0.2, 0.25) is 0 Å². The van der Waals surface area contributed by atoms with E-state index < -0.39 is 0 Å². The Balaban J connectivity index is 1.70. The Labute approximate surface area is 258 Å². The van der Waals surface area contributed by atoms with Crippen molar-refractivity contribution < 1.29 is 0 Å². The molecule has 204 valence electrons. The van der Waals surface area contributed by atoms with E-state index in [9.17, 15) is 0 Å². The zero-order valence-electron chi connectivity index (χ0n) is 24.5. The van der Waals surface area contributed by atoms with Crippen LogP contribution < -0.4 is 0 Å². The SMILES string of the molecule is Cc1cc(C)c(-c2c3cc(-c4ccc(C)s4)sc3c(-c3c(C)cccc3C)c3cc(-c4ccc(C)s4)sc23)c(C)c1. The predicted octanol–water partition coefficient (Wildman–Crippen LogP) is 13.1. The maximum Gasteiger partial charge on any atom is 0.0455 e. The molecule has 0 nitrogen and oxygen atoms in total. The summed E-state index contributed by atoms with van der Waals surface area (Å²) in [5.41, 5.74) is 12.3. The fourth-order valence-electron chi connectivity index (χ4n) is 6.43. The van der Waals surface area contributed by atoms with E-state index in [1.54, 1.807) is 0 Å². The largest absolute Gasteiger partial charge is 0.140 e. The van der Waals surface area contributed by atoms with Crippen molar-refractivity contribution in [1.29, 1.82) is 0 Å². The average molecular weight is 605 g/mol. The summed E-state index contributed by atoms with van der Waals surface area (Å²) in [5, 5.41) is 2.76. The second-order valence-electron chi connectivity index (χ2n) is 11.3. The smallest absolute Gasteiger partial charge is 0.0455 e. The van der Waals surface area contributed by atoms with E-state index in [0.717, 1.165) is 0 Å². The third kappa shape index (κ3) is 4.44. The second-order valence-corrected chi connectivity index (χ2v) is 16.0. The van der Waals surface area contributed by atoms with Gasteiger partial charge in [0.05, 0.1) is 0 Å². The number of thiophene rings is 4. The van der Waals surface area contributed by atoms with E-state index in [-0.39, 0.29) is 0 Å². The summed E-state index contributed by atoms with van der Waals surface area (Å²) in [6.45, 7) is 15.8. The molecule has 0 bridgehead atoms. The highest BCUT2D eigenvalue weighted by Gasteiger charge is 2.25. The molecular weight excluding hydrogens is 573 g/mol. The van der Waals surface area contributed by atoms with E-state index in [2.05, 4.69) is 115 Å². The van der Waals surface area contributed by atoms with Crippen LogP contribution in [0, 0.1) is 48.5 Å². The van der Waals surface area contributed by atoms with Gasteiger partial charge in [0, 0.05) is 60.6 Å². The van der Waals surface area contributed by atoms with Crippen LogP contribution in [0.25, 0.3) is 61.9 Å². The summed E-state index contributed by atoms with van der Waals surface area (Å²) in [7, 11) is 0. The molecule has 0 unspecified atom stereocenters. The first-order valence-corrected chi connectivity index (χ1v) is 17.3. The molecule has 7 aromatic rings. The molecule has 0 amide bonds. The highest BCUT2D eigenvalue weighted by Crippen LogP contribution is 2.54. The van der Waals surface area contributed by atoms with Gasteiger partial charge in [-0.3, -0.25) is 0 Å². The minimum absolute atomic E-state index is 1.32. The van der Waals surface area contributed by atoms with Gasteiger partial charge in [0.15, 0.2) is 0 Å². The molecule has 0 saturated heterocycles. The minimum atomic E-state index is 1.32. The van der Waals surface area contributed by atoms with Crippen LogP contribution >= 0.6 is 45.3 Å². The van der Waals surface area contributed by atoms with Gasteiger partial charge in [0.1, 0.15) is 0 Å². The molecule has 0 aliphatic carbocycles. The topological polar surface area (TPSA) is 0 Å². The lowest BCUT2D eigenvalue weighted by Crippen LogP contribution is -1.94. The summed E-state index contributed by atoms with van der Waals surface area (Å²) >= 11 is 7.73. The molecule has 0 aliphatic rings. The molecule has 0 fully saturated rings. The first-order chi connectivity index (χ1) is 19.7. The lowest BCUT2D eigenvalue weighted by Gasteiger charge is -2.18. The molecule has 0 saturated carbocycles. The zero-order valence-corrected chi connectivity index (χ0v) is 27.7. The highest BCUT2D eigenvalue weighted by atomic mass is 32.1. The van der Waals surface area contributed by atoms with Gasteiger partial charge in [-0.2, -0.15) is 0 Å². The van der Waals surface area contributed by atoms with Crippen LogP contribution in [-0.4, -0.2) is 0 Å². The molecule has 0 spiro atoms. The summed E-state index contributed by atoms with van der Waals surface area (Å²) in [6, 6.07) is 25.5. The quantitative estimate of drug-likeness (QED) is 0.187. The van der Waals surface area contributed by atoms with Crippen LogP contribution in [0.4, 0.5) is 0 Å². The molecule has 0 radical (unpaired) electrons. The molecule has 0 N–H and O–H groups in total. The van der Waals surface area contributed by atoms with E-state index >= 15 is 0 Å². The minimum Gasteiger partial charge on any atom is -0.140 e. The van der Waals surface area contributed by atoms with Crippen molar-refractivity contribution in [1.82, 2.24) is 0 Å². The molecule has 3 aromatic carbocycles. The monoisotopic (exact) mass is 604 g/mol. The maximum atomic E-state index is 2.49. The van der Waals surface area contributed by atoms with E-state index in [0.29, 0.717) is 0 Å². The van der Waals surface area contributed by atoms with Crippen LogP contribution in [-0.2, 0) is 0 Å². The number of hydrogen-bond acceptors (Lipinski definition) is 4. The van der Waals surface area contributed by atoms with Gasteiger partial charge >= 0.3 is 0 Å². The van der Waals surface area contributed by atoms with Gasteiger partial charge in [0.25, 0.3) is 0 Å². The zero-order chi connectivity index (χ0) is 28.6. The molecular formula is C37H32S4. The number of hydrogen-bond donors (Lipinski definition) is 0. The molecule has 0 aliphatic heterocycles. The van der Waals surface area contributed by atoms with Gasteiger partial charge in [-0.1, -0.05) is 35.9 Å². The maximum absolute atomic E-state index is 2.49. The standard InChI is InChI=1S/C37H32S4/c1-19-15-22(4)33(23(5)16-19)35-27-18-31(29-14-12-25(7)39-29)40-36(27)34(32-20(2)9-8-10-21(32)3)26-17-30(41-37(26)35)28-13-11-24(6)38-28/h8-18H,1-7H3. The fourth-order valence-corrected chi connectivity index (χ4v) is 10.8. The van der Waals surface area contributed by atoms with Crippen LogP contribution in [0.1, 0.15) is 37.6 Å². The molecule has 0 atom stereocenters. The van der Waals surface area contributed by atoms with Crippen molar-refractivity contribution in [2.45, 2.75) is 48.5 Å². The Morgan fingerprint density at radius 2 is 0.829 bits per heavy atom. The van der Waals surface area contributed by atoms with Gasteiger partial charge in [0.2, 0.25) is 0 Å². The highest BCUT2D eigenvalue weighted by molar-refractivity contribution is 7.28. The van der Waals surface area contributed by atoms with Crippen molar-refractivity contribution in [3.63, 3.8) is 0 Å². The Bertz CT molecular complexity index is 1980. The van der Waals surface area contributed by atoms with E-state index in [4.69, 9.17) is 0 Å². The van der Waals surface area contributed by atoms with Crippen molar-refractivity contribution in [3.05, 3.63) is 104 Å². The van der Waals surface area contributed by atoms with Gasteiger partial charge in [-0.15, -0.1) is 45.3 Å². The summed E-state index contributed by atoms with van der Waals surface area (Å²) < 4.78 is 2.80. The molecule has 41 heavy (non-hydrogen) atoms. The van der Waals surface area contributed by atoms with Crippen molar-refractivity contribution in [3.8, 4) is 41.8 Å². The Kier molecular flexibility index (Phi) is 6.59. The summed E-state index contributed by atoms with van der Waals surface area (Å²) in [4.78, 5) is 8.15. The lowest BCUT2D eigenvalue weighted by atomic mass is 9.87. The number of fused-ring (bicyclic) bond motifs is 2. The first-order valence-electron chi connectivity index (χ1n) is 14.0. The molecule has 4 aromatic heterocycles. The third-order valence-electron chi connectivity index (χ3n) is 8.08. The number of rotatable bonds is 4. The summed E-state index contributed by atoms with van der Waals surface area (Å²) in [5.74, 6) is 0. The number of benzene rings is 3. The normalized spacial score (nSPS) is 11.8. The Morgan fingerprint density at radius 1 is 0.390 bits per heavy atom. The number of aryl methyl sites for hydroxylation is 7. The molecule has 4 heteroatoms. The van der Waals surface area contributed by atoms with Crippen LogP contribution in [0.15, 0.2) is 66.7 Å². The Morgan fingerprint density at radius 3 is 1.24 bits per heavy atom. The average Bonchev–Trinajstić information content (AvgIpc) is 3.70. The van der Waals surface area contributed by atoms with Crippen molar-refractivity contribution in [2.75, 3.05) is 0 Å². The molecule has 4 heterocycles. The summed E-state index contributed by atoms with van der Waals surface area (Å²) in [6.07, 6.45) is 0. The fraction of sp³-hybridized carbons (Fsp3) is 0.189.